The molecule has 0 spiro atoms. The molecule has 3 aromatic heterocycles. The van der Waals surface area contributed by atoms with Gasteiger partial charge in [-0.25, -0.2) is 4.98 Å². The molecule has 5 nitrogen and oxygen atoms in total. The molecule has 0 saturated heterocycles. The second-order valence-electron chi connectivity index (χ2n) is 6.83. The van der Waals surface area contributed by atoms with Gasteiger partial charge in [-0.2, -0.15) is 0 Å². The Balaban J connectivity index is 1.37. The third kappa shape index (κ3) is 2.75. The summed E-state index contributed by atoms with van der Waals surface area (Å²) in [5.74, 6) is 1.60. The molecule has 1 aliphatic carbocycles. The first-order valence-electron chi connectivity index (χ1n) is 8.94. The van der Waals surface area contributed by atoms with Crippen LogP contribution in [0.5, 0.6) is 5.75 Å². The van der Waals surface area contributed by atoms with E-state index in [0.29, 0.717) is 6.54 Å². The van der Waals surface area contributed by atoms with Gasteiger partial charge >= 0.3 is 0 Å². The summed E-state index contributed by atoms with van der Waals surface area (Å²) in [5, 5.41) is 4.46. The number of nitrogens with one attached hydrogen (secondary N) is 1. The molecule has 1 N–H and O–H groups in total. The van der Waals surface area contributed by atoms with Crippen molar-refractivity contribution in [2.24, 2.45) is 0 Å². The lowest BCUT2D eigenvalue weighted by Gasteiger charge is -2.08. The highest BCUT2D eigenvalue weighted by Crippen LogP contribution is 2.39. The van der Waals surface area contributed by atoms with Crippen LogP contribution in [0.15, 0.2) is 55.0 Å². The summed E-state index contributed by atoms with van der Waals surface area (Å²) in [4.78, 5) is 9.14. The summed E-state index contributed by atoms with van der Waals surface area (Å²) in [6, 6.07) is 12.3. The number of anilines is 1. The summed E-state index contributed by atoms with van der Waals surface area (Å²) in [7, 11) is 1.68. The molecule has 1 aromatic carbocycles. The monoisotopic (exact) mass is 344 g/mol. The zero-order valence-electron chi connectivity index (χ0n) is 14.6. The predicted molar refractivity (Wildman–Crippen MR) is 103 cm³/mol. The number of rotatable bonds is 5. The number of ether oxygens (including phenoxy) is 1. The van der Waals surface area contributed by atoms with Crippen LogP contribution in [-0.2, 0) is 6.54 Å². The smallest absolute Gasteiger partial charge is 0.137 e. The standard InChI is InChI=1S/C21H20N4O/c1-26-20-8-9-22-19-10-16(5-6-18(19)20)23-11-17-13-25-12-15(14-2-3-14)4-7-21(25)24-17/h4-10,12-14,23H,2-3,11H2,1H3. The first-order valence-corrected chi connectivity index (χ1v) is 8.94. The van der Waals surface area contributed by atoms with Gasteiger partial charge in [-0.1, -0.05) is 6.07 Å². The molecule has 0 radical (unpaired) electrons. The maximum absolute atomic E-state index is 5.39. The van der Waals surface area contributed by atoms with Gasteiger partial charge in [-0.05, 0) is 54.7 Å². The van der Waals surface area contributed by atoms with E-state index in [1.54, 1.807) is 13.3 Å². The average molecular weight is 344 g/mol. The first-order chi connectivity index (χ1) is 12.8. The summed E-state index contributed by atoms with van der Waals surface area (Å²) in [5.41, 5.74) is 5.38. The van der Waals surface area contributed by atoms with Crippen molar-refractivity contribution in [3.8, 4) is 5.75 Å². The van der Waals surface area contributed by atoms with Crippen molar-refractivity contribution in [1.29, 1.82) is 0 Å². The maximum Gasteiger partial charge on any atom is 0.137 e. The second kappa shape index (κ2) is 6.02. The van der Waals surface area contributed by atoms with Crippen LogP contribution in [0.1, 0.15) is 30.0 Å². The fourth-order valence-corrected chi connectivity index (χ4v) is 3.41. The van der Waals surface area contributed by atoms with Gasteiger partial charge in [0.2, 0.25) is 0 Å². The largest absolute Gasteiger partial charge is 0.496 e. The fraction of sp³-hybridized carbons (Fsp3) is 0.238. The minimum Gasteiger partial charge on any atom is -0.496 e. The first kappa shape index (κ1) is 15.2. The van der Waals surface area contributed by atoms with Gasteiger partial charge in [0.15, 0.2) is 0 Å². The van der Waals surface area contributed by atoms with Crippen LogP contribution >= 0.6 is 0 Å². The fourth-order valence-electron chi connectivity index (χ4n) is 3.41. The van der Waals surface area contributed by atoms with Crippen molar-refractivity contribution in [3.05, 3.63) is 66.2 Å². The Morgan fingerprint density at radius 1 is 1.15 bits per heavy atom. The summed E-state index contributed by atoms with van der Waals surface area (Å²) >= 11 is 0. The minimum atomic E-state index is 0.677. The number of nitrogens with zero attached hydrogens (tertiary/aromatic N) is 3. The van der Waals surface area contributed by atoms with E-state index in [-0.39, 0.29) is 0 Å². The van der Waals surface area contributed by atoms with Crippen molar-refractivity contribution in [1.82, 2.24) is 14.4 Å². The number of hydrogen-bond donors (Lipinski definition) is 1. The van der Waals surface area contributed by atoms with Crippen LogP contribution in [0.4, 0.5) is 5.69 Å². The molecular formula is C21H20N4O. The average Bonchev–Trinajstić information content (AvgIpc) is 3.45. The molecule has 5 rings (SSSR count). The van der Waals surface area contributed by atoms with Crippen LogP contribution in [0.2, 0.25) is 0 Å². The predicted octanol–water partition coefficient (Wildman–Crippen LogP) is 4.38. The van der Waals surface area contributed by atoms with Crippen LogP contribution in [0.25, 0.3) is 16.6 Å². The van der Waals surface area contributed by atoms with Crippen molar-refractivity contribution in [2.75, 3.05) is 12.4 Å². The van der Waals surface area contributed by atoms with E-state index in [1.165, 1.54) is 18.4 Å². The molecule has 5 heteroatoms. The number of imidazole rings is 1. The van der Waals surface area contributed by atoms with E-state index >= 15 is 0 Å². The molecule has 1 fully saturated rings. The third-order valence-electron chi connectivity index (χ3n) is 4.97. The zero-order valence-corrected chi connectivity index (χ0v) is 14.6. The van der Waals surface area contributed by atoms with Gasteiger partial charge in [0.05, 0.1) is 24.9 Å². The van der Waals surface area contributed by atoms with Gasteiger partial charge in [0, 0.05) is 29.7 Å². The van der Waals surface area contributed by atoms with Crippen molar-refractivity contribution in [3.63, 3.8) is 0 Å². The number of pyridine rings is 2. The van der Waals surface area contributed by atoms with Crippen molar-refractivity contribution >= 4 is 22.2 Å². The summed E-state index contributed by atoms with van der Waals surface area (Å²) in [6.45, 7) is 0.677. The third-order valence-corrected chi connectivity index (χ3v) is 4.97. The topological polar surface area (TPSA) is 51.5 Å². The lowest BCUT2D eigenvalue weighted by Crippen LogP contribution is -1.99. The maximum atomic E-state index is 5.39. The Hall–Kier alpha value is -3.08. The molecule has 0 bridgehead atoms. The molecule has 4 aromatic rings. The summed E-state index contributed by atoms with van der Waals surface area (Å²) < 4.78 is 7.52. The highest BCUT2D eigenvalue weighted by molar-refractivity contribution is 5.87. The summed E-state index contributed by atoms with van der Waals surface area (Å²) in [6.07, 6.45) is 8.72. The molecular weight excluding hydrogens is 324 g/mol. The van der Waals surface area contributed by atoms with Crippen LogP contribution in [0.3, 0.4) is 0 Å². The Kier molecular flexibility index (Phi) is 3.52. The SMILES string of the molecule is COc1ccnc2cc(NCc3cn4cc(C5CC5)ccc4n3)ccc12. The van der Waals surface area contributed by atoms with Crippen molar-refractivity contribution in [2.45, 2.75) is 25.3 Å². The van der Waals surface area contributed by atoms with E-state index in [9.17, 15) is 0 Å². The molecule has 1 saturated carbocycles. The normalized spacial score (nSPS) is 14.0. The minimum absolute atomic E-state index is 0.677. The molecule has 0 aliphatic heterocycles. The molecule has 0 unspecified atom stereocenters. The molecule has 1 aliphatic rings. The zero-order chi connectivity index (χ0) is 17.5. The van der Waals surface area contributed by atoms with Gasteiger partial charge in [-0.15, -0.1) is 0 Å². The van der Waals surface area contributed by atoms with Gasteiger partial charge in [0.1, 0.15) is 11.4 Å². The second-order valence-corrected chi connectivity index (χ2v) is 6.83. The van der Waals surface area contributed by atoms with Crippen LogP contribution < -0.4 is 10.1 Å². The van der Waals surface area contributed by atoms with E-state index in [0.717, 1.165) is 39.6 Å². The van der Waals surface area contributed by atoms with Crippen molar-refractivity contribution < 1.29 is 4.74 Å². The van der Waals surface area contributed by atoms with E-state index in [1.807, 2.05) is 24.3 Å². The lowest BCUT2D eigenvalue weighted by atomic mass is 10.2. The number of benzene rings is 1. The Morgan fingerprint density at radius 3 is 2.92 bits per heavy atom. The number of hydrogen-bond acceptors (Lipinski definition) is 4. The van der Waals surface area contributed by atoms with Gasteiger partial charge in [0.25, 0.3) is 0 Å². The van der Waals surface area contributed by atoms with Crippen LogP contribution in [0, 0.1) is 0 Å². The lowest BCUT2D eigenvalue weighted by molar-refractivity contribution is 0.419. The molecule has 0 atom stereocenters. The van der Waals surface area contributed by atoms with E-state index in [2.05, 4.69) is 39.2 Å². The number of methoxy groups -OCH3 is 1. The Labute approximate surface area is 151 Å². The van der Waals surface area contributed by atoms with Gasteiger partial charge in [-0.3, -0.25) is 4.98 Å². The number of fused-ring (bicyclic) bond motifs is 2. The highest BCUT2D eigenvalue weighted by Gasteiger charge is 2.23. The Morgan fingerprint density at radius 2 is 2.08 bits per heavy atom. The van der Waals surface area contributed by atoms with Gasteiger partial charge < -0.3 is 14.5 Å². The number of aromatic nitrogens is 3. The molecule has 3 heterocycles. The Bertz CT molecular complexity index is 1100. The van der Waals surface area contributed by atoms with E-state index < -0.39 is 0 Å². The van der Waals surface area contributed by atoms with E-state index in [4.69, 9.17) is 9.72 Å². The molecule has 130 valence electrons. The quantitative estimate of drug-likeness (QED) is 0.584. The molecule has 0 amide bonds. The molecule has 26 heavy (non-hydrogen) atoms. The highest BCUT2D eigenvalue weighted by atomic mass is 16.5. The van der Waals surface area contributed by atoms with Crippen LogP contribution in [-0.4, -0.2) is 21.5 Å².